The standard InChI is InChI=1S/C19H19Cl2NO2/c1-11-9-12(20)10-16(21)13(11)4-6-17(23)14-5-7-18(24)19-15(14)3-2-8-22-19/h2-3,8-10,14,18,24H,4-7H2,1H3/t14-,18+/m0/s1. The highest BCUT2D eigenvalue weighted by molar-refractivity contribution is 6.35. The third kappa shape index (κ3) is 3.49. The molecule has 5 heteroatoms. The van der Waals surface area contributed by atoms with Crippen LogP contribution < -0.4 is 0 Å². The van der Waals surface area contributed by atoms with Crippen LogP contribution in [0.5, 0.6) is 0 Å². The summed E-state index contributed by atoms with van der Waals surface area (Å²) in [5.41, 5.74) is 3.47. The second-order valence-corrected chi connectivity index (χ2v) is 7.12. The molecule has 0 saturated carbocycles. The van der Waals surface area contributed by atoms with Crippen LogP contribution >= 0.6 is 23.2 Å². The maximum atomic E-state index is 12.8. The van der Waals surface area contributed by atoms with Gasteiger partial charge in [0.25, 0.3) is 0 Å². The first-order valence-electron chi connectivity index (χ1n) is 8.07. The Kier molecular flexibility index (Phi) is 5.24. The van der Waals surface area contributed by atoms with E-state index in [1.165, 1.54) is 0 Å². The highest BCUT2D eigenvalue weighted by Gasteiger charge is 2.31. The first-order chi connectivity index (χ1) is 11.5. The van der Waals surface area contributed by atoms with Crippen molar-refractivity contribution in [2.75, 3.05) is 0 Å². The molecule has 0 fully saturated rings. The van der Waals surface area contributed by atoms with Gasteiger partial charge in [-0.2, -0.15) is 0 Å². The molecule has 0 saturated heterocycles. The van der Waals surface area contributed by atoms with Crippen LogP contribution in [0.15, 0.2) is 30.5 Å². The molecule has 1 aliphatic rings. The predicted molar refractivity (Wildman–Crippen MR) is 95.7 cm³/mol. The molecule has 1 aliphatic carbocycles. The Bertz CT molecular complexity index is 753. The van der Waals surface area contributed by atoms with Crippen molar-refractivity contribution in [3.63, 3.8) is 0 Å². The molecule has 1 heterocycles. The quantitative estimate of drug-likeness (QED) is 0.847. The Morgan fingerprint density at radius 2 is 2.12 bits per heavy atom. The zero-order valence-corrected chi connectivity index (χ0v) is 14.9. The van der Waals surface area contributed by atoms with Crippen LogP contribution in [0.1, 0.15) is 53.7 Å². The van der Waals surface area contributed by atoms with Crippen molar-refractivity contribution in [2.45, 2.75) is 44.6 Å². The summed E-state index contributed by atoms with van der Waals surface area (Å²) in [6.45, 7) is 1.95. The number of benzene rings is 1. The molecule has 0 aliphatic heterocycles. The highest BCUT2D eigenvalue weighted by atomic mass is 35.5. The molecule has 24 heavy (non-hydrogen) atoms. The number of Topliss-reactive ketones (excluding diaryl/α,β-unsaturated/α-hetero) is 1. The molecule has 0 unspecified atom stereocenters. The fourth-order valence-electron chi connectivity index (χ4n) is 3.43. The van der Waals surface area contributed by atoms with Crippen molar-refractivity contribution in [1.29, 1.82) is 0 Å². The van der Waals surface area contributed by atoms with Crippen LogP contribution in [-0.4, -0.2) is 15.9 Å². The number of rotatable bonds is 4. The number of aromatic nitrogens is 1. The van der Waals surface area contributed by atoms with Gasteiger partial charge in [-0.05, 0) is 61.1 Å². The minimum absolute atomic E-state index is 0.168. The molecule has 126 valence electrons. The second-order valence-electron chi connectivity index (χ2n) is 6.27. The number of fused-ring (bicyclic) bond motifs is 1. The van der Waals surface area contributed by atoms with E-state index in [4.69, 9.17) is 23.2 Å². The van der Waals surface area contributed by atoms with Gasteiger partial charge in [-0.15, -0.1) is 0 Å². The monoisotopic (exact) mass is 363 g/mol. The van der Waals surface area contributed by atoms with Gasteiger partial charge in [0.05, 0.1) is 11.8 Å². The second kappa shape index (κ2) is 7.22. The third-order valence-electron chi connectivity index (χ3n) is 4.68. The molecule has 2 aromatic rings. The van der Waals surface area contributed by atoms with E-state index in [2.05, 4.69) is 4.98 Å². The van der Waals surface area contributed by atoms with Crippen molar-refractivity contribution in [2.24, 2.45) is 0 Å². The number of nitrogens with zero attached hydrogens (tertiary/aromatic N) is 1. The van der Waals surface area contributed by atoms with Gasteiger partial charge in [-0.1, -0.05) is 29.3 Å². The maximum Gasteiger partial charge on any atom is 0.140 e. The summed E-state index contributed by atoms with van der Waals surface area (Å²) in [4.78, 5) is 17.0. The molecular weight excluding hydrogens is 345 g/mol. The molecule has 2 atom stereocenters. The van der Waals surface area contributed by atoms with Gasteiger partial charge < -0.3 is 5.11 Å². The number of aliphatic hydroxyl groups excluding tert-OH is 1. The van der Waals surface area contributed by atoms with E-state index in [0.717, 1.165) is 16.7 Å². The van der Waals surface area contributed by atoms with E-state index in [-0.39, 0.29) is 11.7 Å². The number of halogens is 2. The van der Waals surface area contributed by atoms with E-state index < -0.39 is 6.10 Å². The van der Waals surface area contributed by atoms with Crippen LogP contribution in [0, 0.1) is 6.92 Å². The number of carbonyl (C=O) groups is 1. The van der Waals surface area contributed by atoms with Crippen LogP contribution in [0.4, 0.5) is 0 Å². The van der Waals surface area contributed by atoms with Crippen molar-refractivity contribution in [1.82, 2.24) is 4.98 Å². The Morgan fingerprint density at radius 3 is 2.88 bits per heavy atom. The summed E-state index contributed by atoms with van der Waals surface area (Å²) < 4.78 is 0. The number of ketones is 1. The molecule has 0 bridgehead atoms. The molecule has 1 aromatic carbocycles. The van der Waals surface area contributed by atoms with E-state index >= 15 is 0 Å². The fraction of sp³-hybridized carbons (Fsp3) is 0.368. The maximum absolute atomic E-state index is 12.8. The number of hydrogen-bond donors (Lipinski definition) is 1. The average Bonchev–Trinajstić information content (AvgIpc) is 2.54. The fourth-order valence-corrected chi connectivity index (χ4v) is 4.12. The normalized spacial score (nSPS) is 19.8. The molecule has 3 nitrogen and oxygen atoms in total. The highest BCUT2D eigenvalue weighted by Crippen LogP contribution is 2.37. The van der Waals surface area contributed by atoms with Crippen molar-refractivity contribution in [3.05, 3.63) is 62.9 Å². The van der Waals surface area contributed by atoms with E-state index in [0.29, 0.717) is 41.4 Å². The Morgan fingerprint density at radius 1 is 1.33 bits per heavy atom. The van der Waals surface area contributed by atoms with E-state index in [1.807, 2.05) is 25.1 Å². The first kappa shape index (κ1) is 17.4. The number of pyridine rings is 1. The summed E-state index contributed by atoms with van der Waals surface area (Å²) in [6, 6.07) is 7.29. The van der Waals surface area contributed by atoms with Crippen LogP contribution in [0.3, 0.4) is 0 Å². The summed E-state index contributed by atoms with van der Waals surface area (Å²) in [7, 11) is 0. The number of carbonyl (C=O) groups excluding carboxylic acids is 1. The van der Waals surface area contributed by atoms with Gasteiger partial charge in [0.15, 0.2) is 0 Å². The van der Waals surface area contributed by atoms with Crippen LogP contribution in [0.25, 0.3) is 0 Å². The molecule has 1 aromatic heterocycles. The third-order valence-corrected chi connectivity index (χ3v) is 5.24. The van der Waals surface area contributed by atoms with Crippen LogP contribution in [0.2, 0.25) is 10.0 Å². The Hall–Kier alpha value is -1.42. The van der Waals surface area contributed by atoms with Crippen LogP contribution in [-0.2, 0) is 11.2 Å². The number of hydrogen-bond acceptors (Lipinski definition) is 3. The lowest BCUT2D eigenvalue weighted by atomic mass is 9.80. The lowest BCUT2D eigenvalue weighted by molar-refractivity contribution is -0.121. The zero-order valence-electron chi connectivity index (χ0n) is 13.4. The minimum atomic E-state index is -0.571. The minimum Gasteiger partial charge on any atom is -0.387 e. The van der Waals surface area contributed by atoms with Crippen molar-refractivity contribution >= 4 is 29.0 Å². The number of aliphatic hydroxyl groups is 1. The van der Waals surface area contributed by atoms with E-state index in [1.54, 1.807) is 12.3 Å². The SMILES string of the molecule is Cc1cc(Cl)cc(Cl)c1CCC(=O)[C@H]1CC[C@@H](O)c2ncccc21. The lowest BCUT2D eigenvalue weighted by Gasteiger charge is -2.27. The Labute approximate surface area is 151 Å². The van der Waals surface area contributed by atoms with Gasteiger partial charge >= 0.3 is 0 Å². The van der Waals surface area contributed by atoms with Gasteiger partial charge in [-0.3, -0.25) is 9.78 Å². The summed E-state index contributed by atoms with van der Waals surface area (Å²) in [5.74, 6) is -0.0231. The topological polar surface area (TPSA) is 50.2 Å². The van der Waals surface area contributed by atoms with Gasteiger partial charge in [0, 0.05) is 28.6 Å². The largest absolute Gasteiger partial charge is 0.387 e. The molecule has 3 rings (SSSR count). The molecule has 0 radical (unpaired) electrons. The van der Waals surface area contributed by atoms with Gasteiger partial charge in [0.1, 0.15) is 5.78 Å². The summed E-state index contributed by atoms with van der Waals surface area (Å²) in [6.07, 6.45) is 3.32. The lowest BCUT2D eigenvalue weighted by Crippen LogP contribution is -2.22. The summed E-state index contributed by atoms with van der Waals surface area (Å²) in [5, 5.41) is 11.3. The Balaban J connectivity index is 1.76. The zero-order chi connectivity index (χ0) is 17.3. The van der Waals surface area contributed by atoms with Crippen molar-refractivity contribution < 1.29 is 9.90 Å². The molecule has 0 amide bonds. The molecular formula is C19H19Cl2NO2. The first-order valence-corrected chi connectivity index (χ1v) is 8.83. The van der Waals surface area contributed by atoms with Gasteiger partial charge in [0.2, 0.25) is 0 Å². The molecule has 0 spiro atoms. The predicted octanol–water partition coefficient (Wildman–Crippen LogP) is 4.81. The number of aryl methyl sites for hydroxylation is 1. The van der Waals surface area contributed by atoms with Gasteiger partial charge in [-0.25, -0.2) is 0 Å². The average molecular weight is 364 g/mol. The summed E-state index contributed by atoms with van der Waals surface area (Å²) >= 11 is 12.3. The smallest absolute Gasteiger partial charge is 0.140 e. The van der Waals surface area contributed by atoms with Crippen molar-refractivity contribution in [3.8, 4) is 0 Å². The molecule has 1 N–H and O–H groups in total. The van der Waals surface area contributed by atoms with E-state index in [9.17, 15) is 9.90 Å².